The summed E-state index contributed by atoms with van der Waals surface area (Å²) >= 11 is 0. The molecule has 4 atom stereocenters. The maximum Gasteiger partial charge on any atom is 0.407 e. The molecule has 11 nitrogen and oxygen atoms in total. The molecule has 310 valence electrons. The van der Waals surface area contributed by atoms with Gasteiger partial charge in [-0.1, -0.05) is 132 Å². The van der Waals surface area contributed by atoms with Crippen molar-refractivity contribution < 1.29 is 33.5 Å². The molecule has 1 aliphatic heterocycles. The highest BCUT2D eigenvalue weighted by Crippen LogP contribution is 2.50. The third-order valence-corrected chi connectivity index (χ3v) is 12.0. The van der Waals surface area contributed by atoms with Crippen LogP contribution in [0.15, 0.2) is 84.9 Å². The SMILES string of the molecule is CC(C)C[C@@H](C(=O)NN)[C@H](C(=O)NOC1CCCCO1)C(/C=C/c1ccccc1)(CC(C)C)C(=O)C1(NC(=O)OCC2c3ccccc3-c3ccccc32)CCCC1. The number of ketones is 1. The van der Waals surface area contributed by atoms with E-state index in [4.69, 9.17) is 20.2 Å². The van der Waals surface area contributed by atoms with Crippen molar-refractivity contribution in [2.24, 2.45) is 34.9 Å². The first-order valence-electron chi connectivity index (χ1n) is 21.0. The predicted octanol–water partition coefficient (Wildman–Crippen LogP) is 8.00. The summed E-state index contributed by atoms with van der Waals surface area (Å²) in [4.78, 5) is 65.0. The number of alkyl carbamates (subject to hydrolysis) is 1. The van der Waals surface area contributed by atoms with Gasteiger partial charge in [-0.05, 0) is 78.2 Å². The normalized spacial score (nSPS) is 19.5. The number of hydrogen-bond donors (Lipinski definition) is 4. The van der Waals surface area contributed by atoms with Gasteiger partial charge in [0.25, 0.3) is 0 Å². The third kappa shape index (κ3) is 9.54. The van der Waals surface area contributed by atoms with Crippen LogP contribution in [0.3, 0.4) is 0 Å². The number of carbonyl (C=O) groups is 4. The predicted molar refractivity (Wildman–Crippen MR) is 223 cm³/mol. The maximum atomic E-state index is 16.1. The lowest BCUT2D eigenvalue weighted by Gasteiger charge is -2.46. The molecule has 5 N–H and O–H groups in total. The summed E-state index contributed by atoms with van der Waals surface area (Å²) in [5.41, 5.74) is 7.12. The Bertz CT molecular complexity index is 1870. The van der Waals surface area contributed by atoms with E-state index >= 15 is 4.79 Å². The van der Waals surface area contributed by atoms with Gasteiger partial charge >= 0.3 is 6.09 Å². The topological polar surface area (TPSA) is 158 Å². The Morgan fingerprint density at radius 1 is 0.845 bits per heavy atom. The summed E-state index contributed by atoms with van der Waals surface area (Å²) in [6.45, 7) is 8.46. The Morgan fingerprint density at radius 2 is 1.48 bits per heavy atom. The summed E-state index contributed by atoms with van der Waals surface area (Å²) in [6.07, 6.45) is 7.07. The number of hydrogen-bond acceptors (Lipinski definition) is 8. The molecule has 1 heterocycles. The van der Waals surface area contributed by atoms with Crippen LogP contribution in [0.4, 0.5) is 4.79 Å². The van der Waals surface area contributed by atoms with Crippen molar-refractivity contribution in [3.05, 3.63) is 102 Å². The van der Waals surface area contributed by atoms with Gasteiger partial charge in [-0.3, -0.25) is 19.8 Å². The summed E-state index contributed by atoms with van der Waals surface area (Å²) in [5, 5.41) is 3.09. The fourth-order valence-corrected chi connectivity index (χ4v) is 9.53. The molecule has 0 spiro atoms. The van der Waals surface area contributed by atoms with E-state index in [1.54, 1.807) is 6.08 Å². The minimum atomic E-state index is -1.63. The highest BCUT2D eigenvalue weighted by atomic mass is 16.8. The number of benzene rings is 3. The van der Waals surface area contributed by atoms with E-state index in [9.17, 15) is 14.4 Å². The fraction of sp³-hybridized carbons (Fsp3) is 0.489. The first-order valence-corrected chi connectivity index (χ1v) is 21.0. The molecule has 3 aromatic rings. The van der Waals surface area contributed by atoms with Crippen LogP contribution in [0.25, 0.3) is 17.2 Å². The molecule has 2 fully saturated rings. The summed E-state index contributed by atoms with van der Waals surface area (Å²) in [7, 11) is 0. The molecule has 3 aliphatic rings. The van der Waals surface area contributed by atoms with Gasteiger partial charge in [0.2, 0.25) is 11.8 Å². The fourth-order valence-electron chi connectivity index (χ4n) is 9.53. The molecular formula is C47H60N4O7. The van der Waals surface area contributed by atoms with Crippen LogP contribution in [0.5, 0.6) is 0 Å². The van der Waals surface area contributed by atoms with Crippen molar-refractivity contribution in [3.63, 3.8) is 0 Å². The van der Waals surface area contributed by atoms with Crippen LogP contribution in [0.2, 0.25) is 0 Å². The first-order chi connectivity index (χ1) is 28.0. The van der Waals surface area contributed by atoms with E-state index in [-0.39, 0.29) is 43.0 Å². The number of allylic oxidation sites excluding steroid dienone is 1. The minimum Gasteiger partial charge on any atom is -0.449 e. The molecule has 0 radical (unpaired) electrons. The molecule has 1 saturated heterocycles. The monoisotopic (exact) mass is 792 g/mol. The molecule has 6 rings (SSSR count). The number of rotatable bonds is 17. The van der Waals surface area contributed by atoms with Crippen LogP contribution >= 0.6 is 0 Å². The van der Waals surface area contributed by atoms with Crippen molar-refractivity contribution in [1.82, 2.24) is 16.2 Å². The van der Waals surface area contributed by atoms with Gasteiger partial charge in [-0.2, -0.15) is 0 Å². The van der Waals surface area contributed by atoms with Gasteiger partial charge in [0.05, 0.1) is 17.3 Å². The second-order valence-electron chi connectivity index (χ2n) is 17.1. The van der Waals surface area contributed by atoms with E-state index in [1.807, 2.05) is 88.4 Å². The third-order valence-electron chi connectivity index (χ3n) is 12.0. The first kappa shape index (κ1) is 42.8. The lowest BCUT2D eigenvalue weighted by Crippen LogP contribution is -2.63. The van der Waals surface area contributed by atoms with Gasteiger partial charge in [-0.15, -0.1) is 0 Å². The number of hydrazine groups is 1. The molecule has 58 heavy (non-hydrogen) atoms. The summed E-state index contributed by atoms with van der Waals surface area (Å²) in [5.74, 6) is 1.62. The average molecular weight is 793 g/mol. The van der Waals surface area contributed by atoms with Gasteiger partial charge in [-0.25, -0.2) is 21.0 Å². The zero-order chi connectivity index (χ0) is 41.3. The lowest BCUT2D eigenvalue weighted by molar-refractivity contribution is -0.205. The lowest BCUT2D eigenvalue weighted by atomic mass is 9.57. The highest BCUT2D eigenvalue weighted by Gasteiger charge is 2.59. The number of carbonyl (C=O) groups excluding carboxylic acids is 4. The Kier molecular flexibility index (Phi) is 14.2. The van der Waals surface area contributed by atoms with E-state index in [1.165, 1.54) is 0 Å². The van der Waals surface area contributed by atoms with Gasteiger partial charge < -0.3 is 14.8 Å². The number of fused-ring (bicyclic) bond motifs is 3. The van der Waals surface area contributed by atoms with Gasteiger partial charge in [0.15, 0.2) is 12.1 Å². The van der Waals surface area contributed by atoms with Crippen molar-refractivity contribution in [2.75, 3.05) is 13.2 Å². The van der Waals surface area contributed by atoms with Crippen molar-refractivity contribution >= 4 is 29.8 Å². The molecular weight excluding hydrogens is 733 g/mol. The number of Topliss-reactive ketones (excluding diaryl/α,β-unsaturated/α-hetero) is 1. The number of nitrogens with two attached hydrogens (primary N) is 1. The Balaban J connectivity index is 1.41. The molecule has 2 unspecified atom stereocenters. The van der Waals surface area contributed by atoms with Gasteiger partial charge in [0.1, 0.15) is 12.1 Å². The van der Waals surface area contributed by atoms with E-state index in [0.29, 0.717) is 38.7 Å². The maximum absolute atomic E-state index is 16.1. The van der Waals surface area contributed by atoms with Crippen LogP contribution in [-0.2, 0) is 28.7 Å². The zero-order valence-electron chi connectivity index (χ0n) is 34.3. The van der Waals surface area contributed by atoms with Crippen LogP contribution in [-0.4, -0.2) is 48.7 Å². The van der Waals surface area contributed by atoms with Crippen LogP contribution in [0, 0.1) is 29.1 Å². The second-order valence-corrected chi connectivity index (χ2v) is 17.1. The quantitative estimate of drug-likeness (QED) is 0.0609. The minimum absolute atomic E-state index is 0.0513. The number of ether oxygens (including phenoxy) is 2. The zero-order valence-corrected chi connectivity index (χ0v) is 34.3. The van der Waals surface area contributed by atoms with E-state index in [0.717, 1.165) is 40.7 Å². The highest BCUT2D eigenvalue weighted by molar-refractivity contribution is 6.03. The smallest absolute Gasteiger partial charge is 0.407 e. The van der Waals surface area contributed by atoms with Crippen molar-refractivity contribution in [2.45, 2.75) is 103 Å². The molecule has 3 aromatic carbocycles. The largest absolute Gasteiger partial charge is 0.449 e. The van der Waals surface area contributed by atoms with E-state index < -0.39 is 47.0 Å². The Labute approximate surface area is 342 Å². The van der Waals surface area contributed by atoms with Crippen LogP contribution < -0.4 is 22.1 Å². The molecule has 1 saturated carbocycles. The van der Waals surface area contributed by atoms with Crippen molar-refractivity contribution in [3.8, 4) is 11.1 Å². The molecule has 0 aromatic heterocycles. The number of hydroxylamine groups is 1. The van der Waals surface area contributed by atoms with Crippen molar-refractivity contribution in [1.29, 1.82) is 0 Å². The summed E-state index contributed by atoms with van der Waals surface area (Å²) < 4.78 is 11.8. The molecule has 11 heteroatoms. The second kappa shape index (κ2) is 19.3. The van der Waals surface area contributed by atoms with Gasteiger partial charge in [0, 0.05) is 18.9 Å². The number of amides is 3. The molecule has 0 bridgehead atoms. The standard InChI is InChI=1S/C47H60N4O7/c1-31(2)28-38(42(52)50-48)41(43(53)51-58-40-22-12-15-27-56-40)46(29-32(3)4,26-23-33-16-6-5-7-17-33)44(54)47(24-13-14-25-47)49-45(55)57-30-39-36-20-10-8-18-34(36)35-19-9-11-21-37(35)39/h5-11,16-21,23,26,31-32,38-41H,12-15,22,24-25,27-30,48H2,1-4H3,(H,49,55)(H,50,52)(H,51,53)/b26-23+/t38-,40?,41-,46?/m1/s1. The van der Waals surface area contributed by atoms with Crippen LogP contribution in [0.1, 0.15) is 108 Å². The Hall–Kier alpha value is -4.84. The number of nitrogens with one attached hydrogen (secondary N) is 3. The molecule has 3 amide bonds. The average Bonchev–Trinajstić information content (AvgIpc) is 3.83. The summed E-state index contributed by atoms with van der Waals surface area (Å²) in [6, 6.07) is 25.8. The Morgan fingerprint density at radius 3 is 2.07 bits per heavy atom. The van der Waals surface area contributed by atoms with E-state index in [2.05, 4.69) is 40.5 Å². The molecule has 2 aliphatic carbocycles.